The molecule has 84 valence electrons. The summed E-state index contributed by atoms with van der Waals surface area (Å²) in [7, 11) is 3.41. The molecule has 14 heavy (non-hydrogen) atoms. The Hall–Kier alpha value is 0.160. The van der Waals surface area contributed by atoms with Gasteiger partial charge in [0.15, 0.2) is 0 Å². The predicted octanol–water partition coefficient (Wildman–Crippen LogP) is 1.58. The number of rotatable bonds is 8. The van der Waals surface area contributed by atoms with E-state index in [1.807, 2.05) is 0 Å². The van der Waals surface area contributed by atoms with E-state index in [9.17, 15) is 0 Å². The molecule has 3 nitrogen and oxygen atoms in total. The van der Waals surface area contributed by atoms with E-state index in [1.54, 1.807) is 14.2 Å². The molecule has 0 rings (SSSR count). The van der Waals surface area contributed by atoms with Gasteiger partial charge >= 0.3 is 0 Å². The van der Waals surface area contributed by atoms with Crippen LogP contribution < -0.4 is 0 Å². The number of methoxy groups -OCH3 is 2. The van der Waals surface area contributed by atoms with Gasteiger partial charge in [0.1, 0.15) is 4.32 Å². The summed E-state index contributed by atoms with van der Waals surface area (Å²) in [4.78, 5) is 2.07. The minimum Gasteiger partial charge on any atom is -0.385 e. The topological polar surface area (TPSA) is 21.7 Å². The lowest BCUT2D eigenvalue weighted by molar-refractivity contribution is 0.174. The molecule has 5 heteroatoms. The van der Waals surface area contributed by atoms with Crippen LogP contribution in [0.1, 0.15) is 12.8 Å². The van der Waals surface area contributed by atoms with E-state index in [0.29, 0.717) is 4.32 Å². The Labute approximate surface area is 97.2 Å². The quantitative estimate of drug-likeness (QED) is 0.393. The summed E-state index contributed by atoms with van der Waals surface area (Å²) in [5.41, 5.74) is 0. The van der Waals surface area contributed by atoms with Crippen LogP contribution in [0.4, 0.5) is 0 Å². The highest BCUT2D eigenvalue weighted by atomic mass is 32.1. The lowest BCUT2D eigenvalue weighted by Crippen LogP contribution is -2.29. The van der Waals surface area contributed by atoms with E-state index in [2.05, 4.69) is 17.5 Å². The maximum absolute atomic E-state index is 5.02. The zero-order valence-corrected chi connectivity index (χ0v) is 10.6. The maximum atomic E-state index is 5.02. The molecule has 0 atom stereocenters. The first-order chi connectivity index (χ1) is 6.72. The second-order valence-corrected chi connectivity index (χ2v) is 4.08. The lowest BCUT2D eigenvalue weighted by Gasteiger charge is -2.22. The van der Waals surface area contributed by atoms with Gasteiger partial charge < -0.3 is 14.4 Å². The Balaban J connectivity index is 3.61. The Morgan fingerprint density at radius 3 is 1.86 bits per heavy atom. The van der Waals surface area contributed by atoms with Crippen molar-refractivity contribution in [2.75, 3.05) is 40.5 Å². The third-order valence-electron chi connectivity index (χ3n) is 1.82. The van der Waals surface area contributed by atoms with Gasteiger partial charge in [-0.15, -0.1) is 12.6 Å². The fourth-order valence-electron chi connectivity index (χ4n) is 1.10. The number of hydrogen-bond donors (Lipinski definition) is 1. The zero-order valence-electron chi connectivity index (χ0n) is 8.86. The SMILES string of the molecule is COCCCN(CCCOC)C(=S)S. The molecule has 0 N–H and O–H groups in total. The van der Waals surface area contributed by atoms with Gasteiger partial charge in [-0.25, -0.2) is 0 Å². The largest absolute Gasteiger partial charge is 0.385 e. The fourth-order valence-corrected chi connectivity index (χ4v) is 1.49. The molecule has 0 unspecified atom stereocenters. The molecule has 0 fully saturated rings. The Morgan fingerprint density at radius 1 is 1.14 bits per heavy atom. The number of hydrogen-bond acceptors (Lipinski definition) is 3. The molecule has 0 saturated heterocycles. The van der Waals surface area contributed by atoms with Crippen molar-refractivity contribution in [3.8, 4) is 0 Å². The van der Waals surface area contributed by atoms with Crippen molar-refractivity contribution in [2.24, 2.45) is 0 Å². The van der Waals surface area contributed by atoms with Crippen LogP contribution in [-0.4, -0.2) is 49.7 Å². The van der Waals surface area contributed by atoms with Gasteiger partial charge in [0.25, 0.3) is 0 Å². The van der Waals surface area contributed by atoms with Crippen LogP contribution in [-0.2, 0) is 9.47 Å². The van der Waals surface area contributed by atoms with Crippen molar-refractivity contribution in [3.05, 3.63) is 0 Å². The van der Waals surface area contributed by atoms with Crippen LogP contribution in [0, 0.1) is 0 Å². The van der Waals surface area contributed by atoms with Crippen molar-refractivity contribution >= 4 is 29.2 Å². The molecule has 0 aliphatic heterocycles. The van der Waals surface area contributed by atoms with Crippen molar-refractivity contribution in [2.45, 2.75) is 12.8 Å². The Kier molecular flexibility index (Phi) is 9.82. The average Bonchev–Trinajstić information content (AvgIpc) is 2.15. The Bertz CT molecular complexity index is 146. The molecule has 0 aromatic heterocycles. The normalized spacial score (nSPS) is 10.2. The number of nitrogens with zero attached hydrogens (tertiary/aromatic N) is 1. The van der Waals surface area contributed by atoms with Gasteiger partial charge in [-0.2, -0.15) is 0 Å². The van der Waals surface area contributed by atoms with Crippen LogP contribution in [0.2, 0.25) is 0 Å². The summed E-state index contributed by atoms with van der Waals surface area (Å²) in [5.74, 6) is 0. The summed E-state index contributed by atoms with van der Waals surface area (Å²) in [5, 5.41) is 0. The lowest BCUT2D eigenvalue weighted by atomic mass is 10.3. The molecule has 0 aliphatic carbocycles. The fraction of sp³-hybridized carbons (Fsp3) is 0.889. The molecular weight excluding hydrogens is 218 g/mol. The van der Waals surface area contributed by atoms with E-state index >= 15 is 0 Å². The molecule has 0 saturated carbocycles. The summed E-state index contributed by atoms with van der Waals surface area (Å²) in [6, 6.07) is 0. The smallest absolute Gasteiger partial charge is 0.133 e. The molecular formula is C9H19NO2S2. The zero-order chi connectivity index (χ0) is 10.8. The second kappa shape index (κ2) is 9.71. The number of thiol groups is 1. The van der Waals surface area contributed by atoms with Crippen LogP contribution >= 0.6 is 24.8 Å². The van der Waals surface area contributed by atoms with Crippen molar-refractivity contribution in [1.82, 2.24) is 4.90 Å². The van der Waals surface area contributed by atoms with Crippen LogP contribution in [0.3, 0.4) is 0 Å². The number of ether oxygens (including phenoxy) is 2. The Morgan fingerprint density at radius 2 is 1.57 bits per heavy atom. The highest BCUT2D eigenvalue weighted by Gasteiger charge is 2.04. The van der Waals surface area contributed by atoms with Crippen molar-refractivity contribution in [1.29, 1.82) is 0 Å². The summed E-state index contributed by atoms with van der Waals surface area (Å²) < 4.78 is 10.6. The molecule has 0 heterocycles. The maximum Gasteiger partial charge on any atom is 0.133 e. The number of thiocarbonyl (C=S) groups is 1. The third-order valence-corrected chi connectivity index (χ3v) is 2.36. The first-order valence-corrected chi connectivity index (χ1v) is 5.53. The second-order valence-electron chi connectivity index (χ2n) is 2.96. The summed E-state index contributed by atoms with van der Waals surface area (Å²) in [6.07, 6.45) is 1.95. The van der Waals surface area contributed by atoms with E-state index < -0.39 is 0 Å². The van der Waals surface area contributed by atoms with Gasteiger partial charge in [-0.3, -0.25) is 0 Å². The highest BCUT2D eigenvalue weighted by molar-refractivity contribution is 8.10. The van der Waals surface area contributed by atoms with Gasteiger partial charge in [-0.1, -0.05) is 12.2 Å². The minimum absolute atomic E-state index is 0.650. The van der Waals surface area contributed by atoms with E-state index in [0.717, 1.165) is 39.1 Å². The molecule has 0 aliphatic rings. The first kappa shape index (κ1) is 14.2. The molecule has 0 radical (unpaired) electrons. The van der Waals surface area contributed by atoms with E-state index in [-0.39, 0.29) is 0 Å². The highest BCUT2D eigenvalue weighted by Crippen LogP contribution is 2.00. The van der Waals surface area contributed by atoms with Crippen LogP contribution in [0.25, 0.3) is 0 Å². The van der Waals surface area contributed by atoms with Gasteiger partial charge in [0.2, 0.25) is 0 Å². The molecule has 0 aromatic carbocycles. The van der Waals surface area contributed by atoms with Gasteiger partial charge in [-0.05, 0) is 12.8 Å². The molecule has 0 bridgehead atoms. The van der Waals surface area contributed by atoms with E-state index in [4.69, 9.17) is 21.7 Å². The predicted molar refractivity (Wildman–Crippen MR) is 66.1 cm³/mol. The molecule has 0 spiro atoms. The van der Waals surface area contributed by atoms with Crippen LogP contribution in [0.15, 0.2) is 0 Å². The van der Waals surface area contributed by atoms with E-state index in [1.165, 1.54) is 0 Å². The summed E-state index contributed by atoms with van der Waals surface area (Å²) in [6.45, 7) is 3.33. The molecule has 0 aromatic rings. The third kappa shape index (κ3) is 7.55. The average molecular weight is 237 g/mol. The monoisotopic (exact) mass is 237 g/mol. The standard InChI is InChI=1S/C9H19NO2S2/c1-11-7-3-5-10(9(13)14)6-4-8-12-2/h3-8H2,1-2H3,(H,13,14). The van der Waals surface area contributed by atoms with Gasteiger partial charge in [0.05, 0.1) is 0 Å². The van der Waals surface area contributed by atoms with Crippen molar-refractivity contribution < 1.29 is 9.47 Å². The summed E-state index contributed by atoms with van der Waals surface area (Å²) >= 11 is 9.20. The first-order valence-electron chi connectivity index (χ1n) is 4.68. The van der Waals surface area contributed by atoms with Crippen molar-refractivity contribution in [3.63, 3.8) is 0 Å². The van der Waals surface area contributed by atoms with Crippen LogP contribution in [0.5, 0.6) is 0 Å². The minimum atomic E-state index is 0.650. The van der Waals surface area contributed by atoms with Gasteiger partial charge in [0, 0.05) is 40.5 Å². The molecule has 0 amide bonds.